The first-order chi connectivity index (χ1) is 8.31. The van der Waals surface area contributed by atoms with E-state index in [9.17, 15) is 0 Å². The van der Waals surface area contributed by atoms with Gasteiger partial charge in [-0.2, -0.15) is 0 Å². The lowest BCUT2D eigenvalue weighted by Crippen LogP contribution is -2.17. The minimum absolute atomic E-state index is 0.555. The highest BCUT2D eigenvalue weighted by Gasteiger charge is 2.12. The number of rotatable bonds is 5. The Hall–Kier alpha value is -1.02. The lowest BCUT2D eigenvalue weighted by Gasteiger charge is -2.21. The predicted molar refractivity (Wildman–Crippen MR) is 72.6 cm³/mol. The van der Waals surface area contributed by atoms with E-state index in [2.05, 4.69) is 30.4 Å². The molecule has 1 aromatic carbocycles. The summed E-state index contributed by atoms with van der Waals surface area (Å²) in [6.07, 6.45) is 5.16. The fraction of sp³-hybridized carbons (Fsp3) is 0.600. The van der Waals surface area contributed by atoms with Crippen LogP contribution in [0.4, 0.5) is 5.69 Å². The Bertz CT molecular complexity index is 362. The molecule has 1 aromatic rings. The summed E-state index contributed by atoms with van der Waals surface area (Å²) in [7, 11) is 1.76. The van der Waals surface area contributed by atoms with Crippen molar-refractivity contribution < 1.29 is 4.74 Å². The molecular weight excluding hydrogens is 210 g/mol. The van der Waals surface area contributed by atoms with Crippen molar-refractivity contribution in [3.05, 3.63) is 29.3 Å². The zero-order valence-electron chi connectivity index (χ0n) is 11.0. The molecule has 17 heavy (non-hydrogen) atoms. The van der Waals surface area contributed by atoms with E-state index in [4.69, 9.17) is 4.74 Å². The van der Waals surface area contributed by atoms with E-state index in [0.717, 1.165) is 13.2 Å². The van der Waals surface area contributed by atoms with Crippen molar-refractivity contribution in [3.8, 4) is 0 Å². The van der Waals surface area contributed by atoms with Gasteiger partial charge in [0.15, 0.2) is 0 Å². The quantitative estimate of drug-likeness (QED) is 0.843. The van der Waals surface area contributed by atoms with Gasteiger partial charge >= 0.3 is 0 Å². The largest absolute Gasteiger partial charge is 0.384 e. The molecule has 1 unspecified atom stereocenters. The Morgan fingerprint density at radius 1 is 1.29 bits per heavy atom. The van der Waals surface area contributed by atoms with Gasteiger partial charge in [0.1, 0.15) is 0 Å². The van der Waals surface area contributed by atoms with Gasteiger partial charge in [-0.3, -0.25) is 0 Å². The maximum Gasteiger partial charge on any atom is 0.0504 e. The van der Waals surface area contributed by atoms with E-state index in [1.54, 1.807) is 18.2 Å². The molecule has 0 spiro atoms. The van der Waals surface area contributed by atoms with Crippen LogP contribution in [0.5, 0.6) is 0 Å². The molecule has 94 valence electrons. The molecule has 0 aliphatic heterocycles. The van der Waals surface area contributed by atoms with E-state index >= 15 is 0 Å². The molecule has 0 aromatic heterocycles. The first-order valence-corrected chi connectivity index (χ1v) is 6.65. The standard InChI is InChI=1S/C15H23NO/c1-12(11-17-2)10-16-15-9-5-7-13-6-3-4-8-14(13)15/h5,7,9,12,16H,3-4,6,8,10-11H2,1-2H3. The average molecular weight is 233 g/mol. The molecule has 2 rings (SSSR count). The van der Waals surface area contributed by atoms with Gasteiger partial charge in [-0.1, -0.05) is 19.1 Å². The topological polar surface area (TPSA) is 21.3 Å². The molecule has 0 bridgehead atoms. The van der Waals surface area contributed by atoms with Crippen molar-refractivity contribution in [1.29, 1.82) is 0 Å². The van der Waals surface area contributed by atoms with Crippen molar-refractivity contribution in [3.63, 3.8) is 0 Å². The molecular formula is C15H23NO. The molecule has 1 aliphatic carbocycles. The number of ether oxygens (including phenoxy) is 1. The molecule has 0 heterocycles. The lowest BCUT2D eigenvalue weighted by molar-refractivity contribution is 0.164. The van der Waals surface area contributed by atoms with E-state index < -0.39 is 0 Å². The van der Waals surface area contributed by atoms with Gasteiger partial charge in [0, 0.05) is 19.3 Å². The average Bonchev–Trinajstić information content (AvgIpc) is 2.36. The first kappa shape index (κ1) is 12.4. The predicted octanol–water partition coefficient (Wildman–Crippen LogP) is 3.26. The van der Waals surface area contributed by atoms with Gasteiger partial charge in [0.05, 0.1) is 6.61 Å². The van der Waals surface area contributed by atoms with Crippen molar-refractivity contribution in [2.75, 3.05) is 25.6 Å². The molecule has 1 aliphatic rings. The van der Waals surface area contributed by atoms with Gasteiger partial charge in [-0.15, -0.1) is 0 Å². The van der Waals surface area contributed by atoms with Gasteiger partial charge in [-0.05, 0) is 48.8 Å². The highest BCUT2D eigenvalue weighted by Crippen LogP contribution is 2.27. The summed E-state index contributed by atoms with van der Waals surface area (Å²) in [4.78, 5) is 0. The number of nitrogens with one attached hydrogen (secondary N) is 1. The Morgan fingerprint density at radius 2 is 2.12 bits per heavy atom. The third kappa shape index (κ3) is 3.22. The van der Waals surface area contributed by atoms with Crippen LogP contribution in [0, 0.1) is 5.92 Å². The van der Waals surface area contributed by atoms with Gasteiger partial charge < -0.3 is 10.1 Å². The molecule has 0 amide bonds. The summed E-state index contributed by atoms with van der Waals surface area (Å²) >= 11 is 0. The molecule has 0 radical (unpaired) electrons. The normalized spacial score (nSPS) is 16.4. The second-order valence-electron chi connectivity index (χ2n) is 5.09. The first-order valence-electron chi connectivity index (χ1n) is 6.65. The molecule has 0 saturated heterocycles. The van der Waals surface area contributed by atoms with E-state index in [0.29, 0.717) is 5.92 Å². The minimum atomic E-state index is 0.555. The smallest absolute Gasteiger partial charge is 0.0504 e. The van der Waals surface area contributed by atoms with Crippen LogP contribution >= 0.6 is 0 Å². The number of hydrogen-bond acceptors (Lipinski definition) is 2. The number of benzene rings is 1. The molecule has 1 N–H and O–H groups in total. The Kier molecular flexibility index (Phi) is 4.43. The lowest BCUT2D eigenvalue weighted by atomic mass is 9.90. The van der Waals surface area contributed by atoms with Gasteiger partial charge in [-0.25, -0.2) is 0 Å². The van der Waals surface area contributed by atoms with Crippen LogP contribution in [0.25, 0.3) is 0 Å². The summed E-state index contributed by atoms with van der Waals surface area (Å²) in [5, 5.41) is 3.58. The summed E-state index contributed by atoms with van der Waals surface area (Å²) < 4.78 is 5.16. The van der Waals surface area contributed by atoms with Crippen LogP contribution < -0.4 is 5.32 Å². The van der Waals surface area contributed by atoms with E-state index in [1.165, 1.54) is 31.4 Å². The third-order valence-electron chi connectivity index (χ3n) is 3.49. The summed E-state index contributed by atoms with van der Waals surface area (Å²) in [5.41, 5.74) is 4.43. The summed E-state index contributed by atoms with van der Waals surface area (Å²) in [5.74, 6) is 0.555. The minimum Gasteiger partial charge on any atom is -0.384 e. The molecule has 2 heteroatoms. The fourth-order valence-corrected chi connectivity index (χ4v) is 2.57. The number of methoxy groups -OCH3 is 1. The Balaban J connectivity index is 2.01. The Labute approximate surface area is 104 Å². The van der Waals surface area contributed by atoms with Crippen LogP contribution in [0.3, 0.4) is 0 Å². The van der Waals surface area contributed by atoms with Gasteiger partial charge in [0.2, 0.25) is 0 Å². The number of hydrogen-bond donors (Lipinski definition) is 1. The van der Waals surface area contributed by atoms with E-state index in [1.807, 2.05) is 0 Å². The van der Waals surface area contributed by atoms with Crippen LogP contribution in [0.2, 0.25) is 0 Å². The maximum atomic E-state index is 5.16. The molecule has 1 atom stereocenters. The van der Waals surface area contributed by atoms with Crippen molar-refractivity contribution >= 4 is 5.69 Å². The monoisotopic (exact) mass is 233 g/mol. The Morgan fingerprint density at radius 3 is 2.94 bits per heavy atom. The number of anilines is 1. The zero-order chi connectivity index (χ0) is 12.1. The highest BCUT2D eigenvalue weighted by atomic mass is 16.5. The van der Waals surface area contributed by atoms with Crippen LogP contribution in [-0.4, -0.2) is 20.3 Å². The highest BCUT2D eigenvalue weighted by molar-refractivity contribution is 5.55. The van der Waals surface area contributed by atoms with Crippen molar-refractivity contribution in [2.45, 2.75) is 32.6 Å². The van der Waals surface area contributed by atoms with Gasteiger partial charge in [0.25, 0.3) is 0 Å². The van der Waals surface area contributed by atoms with Crippen molar-refractivity contribution in [2.24, 2.45) is 5.92 Å². The fourth-order valence-electron chi connectivity index (χ4n) is 2.57. The molecule has 2 nitrogen and oxygen atoms in total. The van der Waals surface area contributed by atoms with Crippen LogP contribution in [-0.2, 0) is 17.6 Å². The second-order valence-corrected chi connectivity index (χ2v) is 5.09. The maximum absolute atomic E-state index is 5.16. The van der Waals surface area contributed by atoms with Crippen LogP contribution in [0.15, 0.2) is 18.2 Å². The number of fused-ring (bicyclic) bond motifs is 1. The second kappa shape index (κ2) is 6.06. The van der Waals surface area contributed by atoms with Crippen molar-refractivity contribution in [1.82, 2.24) is 0 Å². The summed E-state index contributed by atoms with van der Waals surface area (Å²) in [6.45, 7) is 4.03. The third-order valence-corrected chi connectivity index (χ3v) is 3.49. The number of aryl methyl sites for hydroxylation is 1. The summed E-state index contributed by atoms with van der Waals surface area (Å²) in [6, 6.07) is 6.66. The SMILES string of the molecule is COCC(C)CNc1cccc2c1CCCC2. The zero-order valence-corrected chi connectivity index (χ0v) is 11.0. The van der Waals surface area contributed by atoms with Crippen LogP contribution in [0.1, 0.15) is 30.9 Å². The van der Waals surface area contributed by atoms with E-state index in [-0.39, 0.29) is 0 Å². The molecule has 0 fully saturated rings. The molecule has 0 saturated carbocycles.